The summed E-state index contributed by atoms with van der Waals surface area (Å²) in [7, 11) is 1.76. The average Bonchev–Trinajstić information content (AvgIpc) is 2.28. The van der Waals surface area contributed by atoms with E-state index in [9.17, 15) is 4.79 Å². The van der Waals surface area contributed by atoms with Gasteiger partial charge in [0, 0.05) is 19.7 Å². The van der Waals surface area contributed by atoms with Crippen LogP contribution < -0.4 is 5.73 Å². The van der Waals surface area contributed by atoms with E-state index in [4.69, 9.17) is 5.73 Å². The van der Waals surface area contributed by atoms with E-state index >= 15 is 0 Å². The number of hydrogen-bond donors (Lipinski definition) is 1. The number of rotatable bonds is 2. The number of nitrogen functional groups attached to an aromatic ring is 1. The van der Waals surface area contributed by atoms with Crippen LogP contribution >= 0.6 is 0 Å². The van der Waals surface area contributed by atoms with Crippen molar-refractivity contribution in [2.45, 2.75) is 13.3 Å². The molecule has 60 valence electrons. The predicted octanol–water partition coefficient (Wildman–Crippen LogP) is 0.595. The summed E-state index contributed by atoms with van der Waals surface area (Å²) in [5.74, 6) is 0.846. The molecule has 0 amide bonds. The zero-order valence-electron chi connectivity index (χ0n) is 6.66. The molecule has 0 radical (unpaired) electrons. The van der Waals surface area contributed by atoms with Crippen LogP contribution in [0.15, 0.2) is 6.20 Å². The molecule has 0 saturated carbocycles. The molecular weight excluding hydrogens is 142 g/mol. The lowest BCUT2D eigenvalue weighted by molar-refractivity contribution is 0.0975. The van der Waals surface area contributed by atoms with E-state index in [0.717, 1.165) is 0 Å². The van der Waals surface area contributed by atoms with Gasteiger partial charge >= 0.3 is 0 Å². The molecule has 0 aromatic carbocycles. The summed E-state index contributed by atoms with van der Waals surface area (Å²) in [5, 5.41) is 0. The standard InChI is InChI=1S/C7H11N3O/c1-3-5(11)7-9-6(8)4-10(7)2/h4H,3,8H2,1-2H3. The molecule has 0 fully saturated rings. The summed E-state index contributed by atoms with van der Waals surface area (Å²) in [4.78, 5) is 15.0. The van der Waals surface area contributed by atoms with Gasteiger partial charge in [-0.2, -0.15) is 0 Å². The molecule has 4 heteroatoms. The Morgan fingerprint density at radius 2 is 2.45 bits per heavy atom. The summed E-state index contributed by atoms with van der Waals surface area (Å²) in [6.45, 7) is 1.80. The fourth-order valence-corrected chi connectivity index (χ4v) is 0.907. The van der Waals surface area contributed by atoms with Crippen LogP contribution in [0.3, 0.4) is 0 Å². The third-order valence-corrected chi connectivity index (χ3v) is 1.47. The van der Waals surface area contributed by atoms with Crippen molar-refractivity contribution in [3.63, 3.8) is 0 Å². The second-order valence-electron chi connectivity index (χ2n) is 2.38. The van der Waals surface area contributed by atoms with Crippen LogP contribution in [0.1, 0.15) is 24.0 Å². The van der Waals surface area contributed by atoms with Crippen molar-refractivity contribution >= 4 is 11.6 Å². The van der Waals surface area contributed by atoms with Crippen LogP contribution in [-0.2, 0) is 7.05 Å². The van der Waals surface area contributed by atoms with Gasteiger partial charge < -0.3 is 10.3 Å². The summed E-state index contributed by atoms with van der Waals surface area (Å²) >= 11 is 0. The van der Waals surface area contributed by atoms with Gasteiger partial charge in [-0.05, 0) is 0 Å². The van der Waals surface area contributed by atoms with Gasteiger partial charge in [0.25, 0.3) is 0 Å². The van der Waals surface area contributed by atoms with Crippen molar-refractivity contribution in [1.29, 1.82) is 0 Å². The number of ketones is 1. The van der Waals surface area contributed by atoms with Gasteiger partial charge in [-0.15, -0.1) is 0 Å². The molecule has 0 aliphatic carbocycles. The first kappa shape index (κ1) is 7.78. The van der Waals surface area contributed by atoms with Gasteiger partial charge in [0.15, 0.2) is 11.6 Å². The molecule has 11 heavy (non-hydrogen) atoms. The number of carbonyl (C=O) groups excluding carboxylic acids is 1. The number of aromatic nitrogens is 2. The van der Waals surface area contributed by atoms with E-state index in [0.29, 0.717) is 18.1 Å². The lowest BCUT2D eigenvalue weighted by atomic mass is 10.3. The van der Waals surface area contributed by atoms with Crippen molar-refractivity contribution in [2.24, 2.45) is 7.05 Å². The fraction of sp³-hybridized carbons (Fsp3) is 0.429. The molecule has 0 atom stereocenters. The quantitative estimate of drug-likeness (QED) is 0.633. The Labute approximate surface area is 65.0 Å². The molecule has 1 rings (SSSR count). The molecule has 0 saturated heterocycles. The topological polar surface area (TPSA) is 60.9 Å². The summed E-state index contributed by atoms with van der Waals surface area (Å²) < 4.78 is 1.64. The normalized spacial score (nSPS) is 10.0. The molecule has 0 bridgehead atoms. The molecular formula is C7H11N3O. The third kappa shape index (κ3) is 1.39. The highest BCUT2D eigenvalue weighted by atomic mass is 16.1. The minimum absolute atomic E-state index is 0.0178. The monoisotopic (exact) mass is 153 g/mol. The van der Waals surface area contributed by atoms with E-state index in [-0.39, 0.29) is 5.78 Å². The van der Waals surface area contributed by atoms with Crippen molar-refractivity contribution < 1.29 is 4.79 Å². The predicted molar refractivity (Wildman–Crippen MR) is 42.2 cm³/mol. The molecule has 0 unspecified atom stereocenters. The summed E-state index contributed by atoms with van der Waals surface area (Å²) in [6.07, 6.45) is 2.09. The Morgan fingerprint density at radius 1 is 1.82 bits per heavy atom. The maximum Gasteiger partial charge on any atom is 0.198 e. The molecule has 1 aromatic rings. The van der Waals surface area contributed by atoms with Crippen LogP contribution in [0.2, 0.25) is 0 Å². The summed E-state index contributed by atoms with van der Waals surface area (Å²) in [5.41, 5.74) is 5.39. The Balaban J connectivity index is 3.03. The molecule has 4 nitrogen and oxygen atoms in total. The van der Waals surface area contributed by atoms with Gasteiger partial charge in [-0.3, -0.25) is 4.79 Å². The highest BCUT2D eigenvalue weighted by Gasteiger charge is 2.09. The van der Waals surface area contributed by atoms with E-state index in [1.165, 1.54) is 0 Å². The minimum atomic E-state index is 0.0178. The van der Waals surface area contributed by atoms with E-state index in [2.05, 4.69) is 4.98 Å². The molecule has 0 spiro atoms. The number of nitrogens with zero attached hydrogens (tertiary/aromatic N) is 2. The highest BCUT2D eigenvalue weighted by Crippen LogP contribution is 2.04. The maximum absolute atomic E-state index is 11.1. The average molecular weight is 153 g/mol. The van der Waals surface area contributed by atoms with Crippen LogP contribution in [-0.4, -0.2) is 15.3 Å². The van der Waals surface area contributed by atoms with Crippen molar-refractivity contribution in [3.05, 3.63) is 12.0 Å². The van der Waals surface area contributed by atoms with E-state index in [1.807, 2.05) is 0 Å². The lowest BCUT2D eigenvalue weighted by Gasteiger charge is -1.95. The van der Waals surface area contributed by atoms with Crippen molar-refractivity contribution in [3.8, 4) is 0 Å². The largest absolute Gasteiger partial charge is 0.382 e. The first-order valence-corrected chi connectivity index (χ1v) is 3.47. The fourth-order valence-electron chi connectivity index (χ4n) is 0.907. The number of anilines is 1. The molecule has 2 N–H and O–H groups in total. The maximum atomic E-state index is 11.1. The number of imidazole rings is 1. The van der Waals surface area contributed by atoms with Gasteiger partial charge in [-0.1, -0.05) is 6.92 Å². The zero-order valence-corrected chi connectivity index (χ0v) is 6.66. The summed E-state index contributed by atoms with van der Waals surface area (Å²) in [6, 6.07) is 0. The second-order valence-corrected chi connectivity index (χ2v) is 2.38. The van der Waals surface area contributed by atoms with Gasteiger partial charge in [0.05, 0.1) is 0 Å². The minimum Gasteiger partial charge on any atom is -0.382 e. The Hall–Kier alpha value is -1.32. The first-order chi connectivity index (χ1) is 5.15. The Morgan fingerprint density at radius 3 is 2.82 bits per heavy atom. The number of Topliss-reactive ketones (excluding diaryl/α,β-unsaturated/α-hetero) is 1. The Kier molecular flexibility index (Phi) is 1.94. The Bertz CT molecular complexity index is 277. The third-order valence-electron chi connectivity index (χ3n) is 1.47. The SMILES string of the molecule is CCC(=O)c1nc(N)cn1C. The second kappa shape index (κ2) is 2.74. The highest BCUT2D eigenvalue weighted by molar-refractivity contribution is 5.92. The first-order valence-electron chi connectivity index (χ1n) is 3.47. The van der Waals surface area contributed by atoms with E-state index in [1.54, 1.807) is 24.7 Å². The van der Waals surface area contributed by atoms with E-state index < -0.39 is 0 Å². The van der Waals surface area contributed by atoms with Crippen LogP contribution in [0, 0.1) is 0 Å². The van der Waals surface area contributed by atoms with Crippen LogP contribution in [0.25, 0.3) is 0 Å². The molecule has 0 aliphatic rings. The number of hydrogen-bond acceptors (Lipinski definition) is 3. The number of nitrogens with two attached hydrogens (primary N) is 1. The van der Waals surface area contributed by atoms with Gasteiger partial charge in [0.2, 0.25) is 0 Å². The van der Waals surface area contributed by atoms with Gasteiger partial charge in [-0.25, -0.2) is 4.98 Å². The number of aryl methyl sites for hydroxylation is 1. The van der Waals surface area contributed by atoms with Gasteiger partial charge in [0.1, 0.15) is 5.82 Å². The lowest BCUT2D eigenvalue weighted by Crippen LogP contribution is -2.05. The van der Waals surface area contributed by atoms with Crippen molar-refractivity contribution in [1.82, 2.24) is 9.55 Å². The number of carbonyl (C=O) groups is 1. The van der Waals surface area contributed by atoms with Crippen LogP contribution in [0.4, 0.5) is 5.82 Å². The smallest absolute Gasteiger partial charge is 0.198 e. The molecule has 1 heterocycles. The zero-order chi connectivity index (χ0) is 8.43. The molecule has 0 aliphatic heterocycles. The van der Waals surface area contributed by atoms with Crippen molar-refractivity contribution in [2.75, 3.05) is 5.73 Å². The molecule has 1 aromatic heterocycles. The van der Waals surface area contributed by atoms with Crippen LogP contribution in [0.5, 0.6) is 0 Å².